The molecule has 0 aliphatic heterocycles. The molecular weight excluding hydrogens is 180 g/mol. The third-order valence-corrected chi connectivity index (χ3v) is 0.903. The summed E-state index contributed by atoms with van der Waals surface area (Å²) in [6.07, 6.45) is 0. The molecule has 1 rings (SSSR count). The fourth-order valence-corrected chi connectivity index (χ4v) is 0.513. The molecule has 0 amide bonds. The van der Waals surface area contributed by atoms with Crippen LogP contribution in [0.5, 0.6) is 0 Å². The normalized spacial score (nSPS) is 7.50. The summed E-state index contributed by atoms with van der Waals surface area (Å²) in [5.41, 5.74) is 2.74. The molecular formula is C6H8CuN2O. The molecule has 0 fully saturated rings. The van der Waals surface area contributed by atoms with Gasteiger partial charge in [-0.05, 0) is 12.1 Å². The second-order valence-corrected chi connectivity index (χ2v) is 1.48. The molecule has 0 radical (unpaired) electrons. The van der Waals surface area contributed by atoms with Crippen molar-refractivity contribution in [2.75, 3.05) is 5.48 Å². The van der Waals surface area contributed by atoms with Crippen LogP contribution in [0.15, 0.2) is 30.3 Å². The minimum atomic E-state index is 0.715. The Balaban J connectivity index is 0.000000371. The van der Waals surface area contributed by atoms with E-state index >= 15 is 0 Å². The van der Waals surface area contributed by atoms with E-state index in [-0.39, 0.29) is 0 Å². The number of para-hydroxylation sites is 1. The Morgan fingerprint density at radius 3 is 2.00 bits per heavy atom. The van der Waals surface area contributed by atoms with Crippen LogP contribution >= 0.6 is 0 Å². The summed E-state index contributed by atoms with van der Waals surface area (Å²) in [6.45, 7) is 0. The first-order chi connectivity index (χ1) is 4.93. The van der Waals surface area contributed by atoms with E-state index in [0.29, 0.717) is 5.69 Å². The third kappa shape index (κ3) is 3.35. The van der Waals surface area contributed by atoms with Gasteiger partial charge in [-0.1, -0.05) is 18.2 Å². The van der Waals surface area contributed by atoms with E-state index < -0.39 is 0 Å². The van der Waals surface area contributed by atoms with Gasteiger partial charge < -0.3 is 0 Å². The second kappa shape index (κ2) is 6.42. The number of nitrogens with one attached hydrogen (secondary N) is 2. The maximum atomic E-state index is 8.29. The molecule has 4 heteroatoms. The summed E-state index contributed by atoms with van der Waals surface area (Å²) < 4.78 is 5.31. The molecule has 0 saturated carbocycles. The number of anilines is 1. The molecule has 59 valence electrons. The van der Waals surface area contributed by atoms with Gasteiger partial charge in [0.2, 0.25) is 0 Å². The van der Waals surface area contributed by atoms with Gasteiger partial charge in [-0.25, -0.2) is 0 Å². The Hall–Kier alpha value is -0.701. The molecule has 1 aromatic carbocycles. The Bertz CT molecular complexity index is 169. The fraction of sp³-hybridized carbons (Fsp3) is 0. The first-order valence-corrected chi connectivity index (χ1v) is 3.01. The zero-order chi connectivity index (χ0) is 7.82. The summed E-state index contributed by atoms with van der Waals surface area (Å²) in [5, 5.41) is 8.29. The van der Waals surface area contributed by atoms with Crippen molar-refractivity contribution in [3.8, 4) is 0 Å². The van der Waals surface area contributed by atoms with Gasteiger partial charge in [-0.3, -0.25) is 10.7 Å². The van der Waals surface area contributed by atoms with Crippen molar-refractivity contribution >= 4 is 5.69 Å². The van der Waals surface area contributed by atoms with Crippen LogP contribution in [0.3, 0.4) is 0 Å². The molecule has 0 unspecified atom stereocenters. The molecule has 0 aromatic heterocycles. The number of hydrogen-bond acceptors (Lipinski definition) is 3. The van der Waals surface area contributed by atoms with E-state index in [1.807, 2.05) is 23.7 Å². The van der Waals surface area contributed by atoms with Crippen LogP contribution in [0.2, 0.25) is 0 Å². The quantitative estimate of drug-likeness (QED) is 0.464. The van der Waals surface area contributed by atoms with E-state index in [1.54, 1.807) is 12.1 Å². The van der Waals surface area contributed by atoms with Crippen molar-refractivity contribution in [2.24, 2.45) is 0 Å². The molecule has 3 nitrogen and oxygen atoms in total. The van der Waals surface area contributed by atoms with E-state index in [1.165, 1.54) is 0 Å². The zero-order valence-electron chi connectivity index (χ0n) is 5.14. The van der Waals surface area contributed by atoms with Gasteiger partial charge >= 0.3 is 20.2 Å². The van der Waals surface area contributed by atoms with Crippen LogP contribution < -0.4 is 5.48 Å². The van der Waals surface area contributed by atoms with Gasteiger partial charge in [0.05, 0.1) is 5.69 Å². The maximum absolute atomic E-state index is 8.29. The zero-order valence-corrected chi connectivity index (χ0v) is 6.08. The Morgan fingerprint density at radius 2 is 1.70 bits per heavy atom. The van der Waals surface area contributed by atoms with Crippen molar-refractivity contribution in [1.29, 1.82) is 4.38 Å². The summed E-state index contributed by atoms with van der Waals surface area (Å²) in [6, 6.07) is 9.14. The minimum absolute atomic E-state index is 0.715. The van der Waals surface area contributed by atoms with Gasteiger partial charge in [-0.2, -0.15) is 0 Å². The van der Waals surface area contributed by atoms with Gasteiger partial charge in [0.15, 0.2) is 0 Å². The average Bonchev–Trinajstić information content (AvgIpc) is 2.10. The molecule has 1 aromatic rings. The van der Waals surface area contributed by atoms with E-state index in [9.17, 15) is 0 Å². The van der Waals surface area contributed by atoms with Gasteiger partial charge in [-0.15, -0.1) is 0 Å². The standard InChI is InChI=1S/C6H7NO.Cu.HN/c8-7-6-4-2-1-3-5-6;;/h1-5,7-8H;;1H. The number of rotatable bonds is 1. The summed E-state index contributed by atoms with van der Waals surface area (Å²) in [7, 11) is 0. The SMILES string of the molecule is ONc1ccccc1.[NH]=[Cu]. The van der Waals surface area contributed by atoms with Crippen LogP contribution in [0.1, 0.15) is 0 Å². The molecule has 0 atom stereocenters. The van der Waals surface area contributed by atoms with Crippen molar-refractivity contribution in [3.63, 3.8) is 0 Å². The summed E-state index contributed by atoms with van der Waals surface area (Å²) in [5.74, 6) is 0. The van der Waals surface area contributed by atoms with Crippen molar-refractivity contribution < 1.29 is 21.0 Å². The van der Waals surface area contributed by atoms with Crippen LogP contribution in [0.25, 0.3) is 0 Å². The second-order valence-electron chi connectivity index (χ2n) is 1.48. The topological polar surface area (TPSA) is 56.1 Å². The third-order valence-electron chi connectivity index (χ3n) is 0.903. The van der Waals surface area contributed by atoms with Crippen LogP contribution in [-0.4, -0.2) is 5.21 Å². The summed E-state index contributed by atoms with van der Waals surface area (Å²) in [4.78, 5) is 0. The average molecular weight is 188 g/mol. The Morgan fingerprint density at radius 1 is 1.20 bits per heavy atom. The van der Waals surface area contributed by atoms with Crippen molar-refractivity contribution in [3.05, 3.63) is 30.3 Å². The van der Waals surface area contributed by atoms with Gasteiger partial charge in [0.25, 0.3) is 0 Å². The molecule has 0 spiro atoms. The molecule has 0 aliphatic carbocycles. The fourth-order valence-electron chi connectivity index (χ4n) is 0.513. The molecule has 10 heavy (non-hydrogen) atoms. The molecule has 0 bridgehead atoms. The molecule has 0 saturated heterocycles. The molecule has 0 heterocycles. The van der Waals surface area contributed by atoms with E-state index in [2.05, 4.69) is 15.8 Å². The van der Waals surface area contributed by atoms with Crippen LogP contribution in [0, 0.1) is 4.38 Å². The predicted octanol–water partition coefficient (Wildman–Crippen LogP) is 1.78. The Kier molecular flexibility index (Phi) is 5.97. The van der Waals surface area contributed by atoms with Crippen molar-refractivity contribution in [2.45, 2.75) is 0 Å². The first kappa shape index (κ1) is 9.30. The van der Waals surface area contributed by atoms with E-state index in [0.717, 1.165) is 0 Å². The van der Waals surface area contributed by atoms with Gasteiger partial charge in [0.1, 0.15) is 0 Å². The number of hydrogen-bond donors (Lipinski definition) is 3. The molecule has 0 aliphatic rings. The first-order valence-electron chi connectivity index (χ1n) is 2.54. The summed E-state index contributed by atoms with van der Waals surface area (Å²) >= 11 is 3.44. The predicted molar refractivity (Wildman–Crippen MR) is 34.6 cm³/mol. The van der Waals surface area contributed by atoms with E-state index in [4.69, 9.17) is 9.59 Å². The van der Waals surface area contributed by atoms with Crippen LogP contribution in [-0.2, 0) is 15.8 Å². The van der Waals surface area contributed by atoms with Crippen LogP contribution in [0.4, 0.5) is 5.69 Å². The molecule has 3 N–H and O–H groups in total. The monoisotopic (exact) mass is 187 g/mol. The Labute approximate surface area is 67.4 Å². The number of benzene rings is 1. The van der Waals surface area contributed by atoms with Crippen molar-refractivity contribution in [1.82, 2.24) is 0 Å². The van der Waals surface area contributed by atoms with Gasteiger partial charge in [0, 0.05) is 0 Å².